The highest BCUT2D eigenvalue weighted by molar-refractivity contribution is 6.02. The number of morpholine rings is 1. The summed E-state index contributed by atoms with van der Waals surface area (Å²) in [6.07, 6.45) is 4.88. The molecule has 2 aromatic heterocycles. The number of fused-ring (bicyclic) bond motifs is 1. The fraction of sp³-hybridized carbons (Fsp3) is 0.308. The Balaban J connectivity index is 1.47. The maximum Gasteiger partial charge on any atom is 0.150 e. The van der Waals surface area contributed by atoms with E-state index < -0.39 is 0 Å². The Morgan fingerprint density at radius 1 is 1.03 bits per heavy atom. The minimum Gasteiger partial charge on any atom is -0.497 e. The Bertz CT molecular complexity index is 1180. The highest BCUT2D eigenvalue weighted by atomic mass is 16.5. The Morgan fingerprint density at radius 2 is 1.82 bits per heavy atom. The molecule has 0 atom stereocenters. The molecular formula is C26H30N5O2+. The van der Waals surface area contributed by atoms with E-state index in [9.17, 15) is 0 Å². The van der Waals surface area contributed by atoms with Gasteiger partial charge in [0.15, 0.2) is 5.65 Å². The number of anilines is 1. The van der Waals surface area contributed by atoms with Gasteiger partial charge in [-0.3, -0.25) is 0 Å². The molecule has 0 amide bonds. The summed E-state index contributed by atoms with van der Waals surface area (Å²) < 4.78 is 12.9. The van der Waals surface area contributed by atoms with Crippen LogP contribution < -0.4 is 15.0 Å². The molecule has 2 aromatic carbocycles. The van der Waals surface area contributed by atoms with Gasteiger partial charge < -0.3 is 24.3 Å². The van der Waals surface area contributed by atoms with Crippen molar-refractivity contribution >= 4 is 16.9 Å². The van der Waals surface area contributed by atoms with Crippen molar-refractivity contribution in [1.82, 2.24) is 14.5 Å². The van der Waals surface area contributed by atoms with E-state index in [-0.39, 0.29) is 0 Å². The van der Waals surface area contributed by atoms with Crippen molar-refractivity contribution in [2.24, 2.45) is 0 Å². The SMILES string of the molecule is COc1ccc(-n2cc(-c3ccccc3)c3c(NCCC[NH+]4CCOCC4)ncnc32)cc1. The molecular weight excluding hydrogens is 414 g/mol. The number of hydrogen-bond donors (Lipinski definition) is 2. The van der Waals surface area contributed by atoms with E-state index in [1.165, 1.54) is 0 Å². The number of rotatable bonds is 8. The second-order valence-corrected chi connectivity index (χ2v) is 8.29. The molecule has 0 bridgehead atoms. The number of aromatic nitrogens is 3. The van der Waals surface area contributed by atoms with E-state index in [0.29, 0.717) is 0 Å². The van der Waals surface area contributed by atoms with Gasteiger partial charge in [-0.15, -0.1) is 0 Å². The highest BCUT2D eigenvalue weighted by Crippen LogP contribution is 2.35. The molecule has 7 nitrogen and oxygen atoms in total. The van der Waals surface area contributed by atoms with Crippen molar-refractivity contribution in [3.05, 3.63) is 67.1 Å². The molecule has 170 valence electrons. The van der Waals surface area contributed by atoms with E-state index in [4.69, 9.17) is 9.47 Å². The first-order chi connectivity index (χ1) is 16.3. The molecule has 1 aliphatic heterocycles. The first-order valence-corrected chi connectivity index (χ1v) is 11.5. The molecule has 3 heterocycles. The summed E-state index contributed by atoms with van der Waals surface area (Å²) in [5.74, 6) is 1.71. The number of ether oxygens (including phenoxy) is 2. The van der Waals surface area contributed by atoms with Gasteiger partial charge in [0.25, 0.3) is 0 Å². The Kier molecular flexibility index (Phi) is 6.51. The van der Waals surface area contributed by atoms with Gasteiger partial charge in [0.2, 0.25) is 0 Å². The van der Waals surface area contributed by atoms with Crippen LogP contribution in [-0.4, -0.2) is 61.0 Å². The van der Waals surface area contributed by atoms with E-state index in [0.717, 1.165) is 85.2 Å². The molecule has 1 fully saturated rings. The second kappa shape index (κ2) is 10.0. The molecule has 1 aliphatic rings. The van der Waals surface area contributed by atoms with Gasteiger partial charge in [-0.25, -0.2) is 9.97 Å². The quantitative estimate of drug-likeness (QED) is 0.409. The van der Waals surface area contributed by atoms with Crippen LogP contribution in [0.4, 0.5) is 5.82 Å². The third-order valence-corrected chi connectivity index (χ3v) is 6.22. The van der Waals surface area contributed by atoms with Gasteiger partial charge in [0.05, 0.1) is 32.3 Å². The molecule has 0 radical (unpaired) electrons. The highest BCUT2D eigenvalue weighted by Gasteiger charge is 2.18. The van der Waals surface area contributed by atoms with E-state index >= 15 is 0 Å². The lowest BCUT2D eigenvalue weighted by molar-refractivity contribution is -0.908. The first kappa shape index (κ1) is 21.4. The van der Waals surface area contributed by atoms with Crippen molar-refractivity contribution in [3.8, 4) is 22.6 Å². The first-order valence-electron chi connectivity index (χ1n) is 11.5. The molecule has 0 aliphatic carbocycles. The van der Waals surface area contributed by atoms with Crippen LogP contribution in [0.3, 0.4) is 0 Å². The van der Waals surface area contributed by atoms with Crippen LogP contribution in [0.1, 0.15) is 6.42 Å². The fourth-order valence-electron chi connectivity index (χ4n) is 4.43. The van der Waals surface area contributed by atoms with Gasteiger partial charge in [0.1, 0.15) is 31.0 Å². The predicted molar refractivity (Wildman–Crippen MR) is 130 cm³/mol. The maximum atomic E-state index is 5.47. The van der Waals surface area contributed by atoms with Crippen molar-refractivity contribution in [3.63, 3.8) is 0 Å². The summed E-state index contributed by atoms with van der Waals surface area (Å²) >= 11 is 0. The maximum absolute atomic E-state index is 5.47. The zero-order chi connectivity index (χ0) is 22.5. The molecule has 0 unspecified atom stereocenters. The average molecular weight is 445 g/mol. The Morgan fingerprint density at radius 3 is 2.58 bits per heavy atom. The summed E-state index contributed by atoms with van der Waals surface area (Å²) in [5, 5.41) is 4.63. The van der Waals surface area contributed by atoms with Gasteiger partial charge in [-0.2, -0.15) is 0 Å². The van der Waals surface area contributed by atoms with Gasteiger partial charge >= 0.3 is 0 Å². The Labute approximate surface area is 194 Å². The smallest absolute Gasteiger partial charge is 0.150 e. The van der Waals surface area contributed by atoms with Crippen LogP contribution in [0.15, 0.2) is 67.1 Å². The summed E-state index contributed by atoms with van der Waals surface area (Å²) in [5.41, 5.74) is 4.17. The van der Waals surface area contributed by atoms with Crippen molar-refractivity contribution < 1.29 is 14.4 Å². The lowest BCUT2D eigenvalue weighted by Gasteiger charge is -2.23. The predicted octanol–water partition coefficient (Wildman–Crippen LogP) is 2.81. The summed E-state index contributed by atoms with van der Waals surface area (Å²) in [7, 11) is 1.68. The van der Waals surface area contributed by atoms with Crippen LogP contribution in [0.25, 0.3) is 27.8 Å². The van der Waals surface area contributed by atoms with Crippen LogP contribution in [0.5, 0.6) is 5.75 Å². The van der Waals surface area contributed by atoms with Crippen LogP contribution in [0.2, 0.25) is 0 Å². The topological polar surface area (TPSA) is 65.6 Å². The van der Waals surface area contributed by atoms with Crippen LogP contribution >= 0.6 is 0 Å². The fourth-order valence-corrected chi connectivity index (χ4v) is 4.43. The number of hydrogen-bond acceptors (Lipinski definition) is 5. The van der Waals surface area contributed by atoms with Gasteiger partial charge in [-0.1, -0.05) is 30.3 Å². The number of nitrogens with zero attached hydrogens (tertiary/aromatic N) is 3. The van der Waals surface area contributed by atoms with Crippen molar-refractivity contribution in [2.75, 3.05) is 51.8 Å². The van der Waals surface area contributed by atoms with Gasteiger partial charge in [0, 0.05) is 30.4 Å². The zero-order valence-electron chi connectivity index (χ0n) is 19.0. The second-order valence-electron chi connectivity index (χ2n) is 8.29. The molecule has 5 rings (SSSR count). The zero-order valence-corrected chi connectivity index (χ0v) is 19.0. The molecule has 2 N–H and O–H groups in total. The van der Waals surface area contributed by atoms with Crippen molar-refractivity contribution in [1.29, 1.82) is 0 Å². The number of benzene rings is 2. The third kappa shape index (κ3) is 4.69. The standard InChI is InChI=1S/C26H29N5O2/c1-32-22-10-8-21(9-11-22)31-18-23(20-6-3-2-4-7-20)24-25(28-19-29-26(24)31)27-12-5-13-30-14-16-33-17-15-30/h2-4,6-11,18-19H,5,12-17H2,1H3,(H,27,28,29)/p+1. The minimum absolute atomic E-state index is 0.831. The normalized spacial score (nSPS) is 14.5. The molecule has 33 heavy (non-hydrogen) atoms. The number of quaternary nitrogens is 1. The largest absolute Gasteiger partial charge is 0.497 e. The molecule has 1 saturated heterocycles. The number of methoxy groups -OCH3 is 1. The number of nitrogens with one attached hydrogen (secondary N) is 2. The summed E-state index contributed by atoms with van der Waals surface area (Å²) in [6.45, 7) is 5.95. The van der Waals surface area contributed by atoms with E-state index in [1.54, 1.807) is 18.3 Å². The van der Waals surface area contributed by atoms with Crippen LogP contribution in [-0.2, 0) is 4.74 Å². The lowest BCUT2D eigenvalue weighted by atomic mass is 10.1. The summed E-state index contributed by atoms with van der Waals surface area (Å²) in [6, 6.07) is 18.5. The average Bonchev–Trinajstić information content (AvgIpc) is 3.28. The molecule has 0 saturated carbocycles. The van der Waals surface area contributed by atoms with Crippen LogP contribution in [0, 0.1) is 0 Å². The van der Waals surface area contributed by atoms with E-state index in [2.05, 4.69) is 50.3 Å². The van der Waals surface area contributed by atoms with Crippen molar-refractivity contribution in [2.45, 2.75) is 6.42 Å². The molecule has 0 spiro atoms. The Hall–Kier alpha value is -3.42. The summed E-state index contributed by atoms with van der Waals surface area (Å²) in [4.78, 5) is 10.9. The van der Waals surface area contributed by atoms with E-state index in [1.807, 2.05) is 30.3 Å². The monoisotopic (exact) mass is 444 g/mol. The third-order valence-electron chi connectivity index (χ3n) is 6.22. The minimum atomic E-state index is 0.831. The molecule has 4 aromatic rings. The lowest BCUT2D eigenvalue weighted by Crippen LogP contribution is -3.14. The van der Waals surface area contributed by atoms with Gasteiger partial charge in [-0.05, 0) is 29.8 Å². The molecule has 7 heteroatoms.